The molecule has 0 aliphatic rings. The number of hydrogen-bond donors (Lipinski definition) is 0. The van der Waals surface area contributed by atoms with Gasteiger partial charge in [-0.05, 0) is 36.8 Å². The largest absolute Gasteiger partial charge is 0.337 e. The molecule has 0 unspecified atom stereocenters. The number of aryl methyl sites for hydroxylation is 1. The van der Waals surface area contributed by atoms with Crippen LogP contribution in [0.5, 0.6) is 0 Å². The molecule has 8 heteroatoms. The molecular formula is C21H17Cl2FN4S. The molecule has 0 saturated carbocycles. The Labute approximate surface area is 181 Å². The minimum absolute atomic E-state index is 0.260. The first-order valence-electron chi connectivity index (χ1n) is 9.00. The van der Waals surface area contributed by atoms with Gasteiger partial charge in [0.2, 0.25) is 0 Å². The van der Waals surface area contributed by atoms with Crippen LogP contribution in [0.4, 0.5) is 10.1 Å². The molecule has 4 rings (SSSR count). The van der Waals surface area contributed by atoms with Gasteiger partial charge in [0.15, 0.2) is 4.80 Å². The van der Waals surface area contributed by atoms with Crippen LogP contribution in [0, 0.1) is 5.82 Å². The second kappa shape index (κ2) is 8.95. The summed E-state index contributed by atoms with van der Waals surface area (Å²) < 4.78 is 18.5. The molecule has 0 aliphatic heterocycles. The smallest absolute Gasteiger partial charge is 0.190 e. The van der Waals surface area contributed by atoms with Crippen LogP contribution in [-0.4, -0.2) is 14.1 Å². The van der Waals surface area contributed by atoms with Crippen molar-refractivity contribution in [1.29, 1.82) is 0 Å². The van der Waals surface area contributed by atoms with Crippen LogP contribution in [0.15, 0.2) is 71.6 Å². The molecule has 0 saturated heterocycles. The van der Waals surface area contributed by atoms with Crippen LogP contribution in [0.3, 0.4) is 0 Å². The maximum Gasteiger partial charge on any atom is 0.190 e. The Bertz CT molecular complexity index is 1180. The molecule has 2 heterocycles. The maximum absolute atomic E-state index is 14.5. The lowest BCUT2D eigenvalue weighted by atomic mass is 10.1. The van der Waals surface area contributed by atoms with Crippen LogP contribution in [0.1, 0.15) is 6.42 Å². The van der Waals surface area contributed by atoms with Crippen molar-refractivity contribution in [3.63, 3.8) is 0 Å². The molecule has 2 aromatic heterocycles. The third kappa shape index (κ3) is 4.61. The summed E-state index contributed by atoms with van der Waals surface area (Å²) in [6.07, 6.45) is 6.31. The molecule has 0 spiro atoms. The van der Waals surface area contributed by atoms with Gasteiger partial charge in [0.25, 0.3) is 0 Å². The number of rotatable bonds is 6. The Morgan fingerprint density at radius 3 is 2.72 bits per heavy atom. The summed E-state index contributed by atoms with van der Waals surface area (Å²) in [5, 5.41) is 2.96. The van der Waals surface area contributed by atoms with Crippen LogP contribution in [-0.2, 0) is 13.1 Å². The van der Waals surface area contributed by atoms with Crippen molar-refractivity contribution >= 4 is 40.2 Å². The van der Waals surface area contributed by atoms with E-state index in [1.54, 1.807) is 42.9 Å². The minimum atomic E-state index is -0.260. The van der Waals surface area contributed by atoms with Crippen molar-refractivity contribution in [2.75, 3.05) is 0 Å². The highest BCUT2D eigenvalue weighted by atomic mass is 35.5. The lowest BCUT2D eigenvalue weighted by molar-refractivity contribution is 0.557. The molecule has 4 aromatic rings. The fourth-order valence-corrected chi connectivity index (χ4v) is 4.41. The Morgan fingerprint density at radius 1 is 1.10 bits per heavy atom. The van der Waals surface area contributed by atoms with Crippen molar-refractivity contribution in [3.05, 3.63) is 87.2 Å². The number of thiazole rings is 1. The summed E-state index contributed by atoms with van der Waals surface area (Å²) in [5.41, 5.74) is 1.97. The monoisotopic (exact) mass is 446 g/mol. The van der Waals surface area contributed by atoms with E-state index in [0.717, 1.165) is 23.5 Å². The minimum Gasteiger partial charge on any atom is -0.337 e. The number of hydrogen-bond acceptors (Lipinski definition) is 3. The molecule has 0 bridgehead atoms. The topological polar surface area (TPSA) is 35.1 Å². The lowest BCUT2D eigenvalue weighted by Crippen LogP contribution is -2.17. The zero-order chi connectivity index (χ0) is 20.2. The molecule has 0 amide bonds. The Morgan fingerprint density at radius 2 is 1.97 bits per heavy atom. The average Bonchev–Trinajstić information content (AvgIpc) is 3.35. The molecule has 4 nitrogen and oxygen atoms in total. The summed E-state index contributed by atoms with van der Waals surface area (Å²) in [7, 11) is 0. The summed E-state index contributed by atoms with van der Waals surface area (Å²) in [4.78, 5) is 9.54. The number of halogens is 3. The second-order valence-corrected chi connectivity index (χ2v) is 8.08. The first-order valence-corrected chi connectivity index (χ1v) is 10.6. The third-order valence-electron chi connectivity index (χ3n) is 4.43. The highest BCUT2D eigenvalue weighted by Gasteiger charge is 2.12. The summed E-state index contributed by atoms with van der Waals surface area (Å²) in [6, 6.07) is 12.0. The number of nitrogens with zero attached hydrogens (tertiary/aromatic N) is 4. The Kier molecular flexibility index (Phi) is 6.13. The first kappa shape index (κ1) is 19.9. The third-order valence-corrected chi connectivity index (χ3v) is 5.83. The van der Waals surface area contributed by atoms with Crippen molar-refractivity contribution in [1.82, 2.24) is 14.1 Å². The quantitative estimate of drug-likeness (QED) is 0.348. The van der Waals surface area contributed by atoms with Crippen molar-refractivity contribution in [3.8, 4) is 11.3 Å². The molecule has 0 aliphatic carbocycles. The first-order chi connectivity index (χ1) is 14.1. The standard InChI is InChI=1S/C21H17Cl2FN4S/c22-15-6-7-19(17(23)12-15)26-21-28(10-3-9-27-11-8-25-14-27)20(13-29-21)16-4-1-2-5-18(16)24/h1-2,4-8,11-14H,3,9-10H2. The van der Waals surface area contributed by atoms with Crippen molar-refractivity contribution in [2.45, 2.75) is 19.5 Å². The molecule has 2 aromatic carbocycles. The Hall–Kier alpha value is -2.41. The van der Waals surface area contributed by atoms with E-state index in [9.17, 15) is 4.39 Å². The van der Waals surface area contributed by atoms with E-state index in [4.69, 9.17) is 28.2 Å². The van der Waals surface area contributed by atoms with Crippen LogP contribution in [0.25, 0.3) is 11.3 Å². The Balaban J connectivity index is 1.74. The number of aromatic nitrogens is 3. The fourth-order valence-electron chi connectivity index (χ4n) is 3.02. The van der Waals surface area contributed by atoms with E-state index in [2.05, 4.69) is 4.98 Å². The van der Waals surface area contributed by atoms with Gasteiger partial charge in [-0.15, -0.1) is 11.3 Å². The molecule has 29 heavy (non-hydrogen) atoms. The summed E-state index contributed by atoms with van der Waals surface area (Å²) >= 11 is 13.7. The fraction of sp³-hybridized carbons (Fsp3) is 0.143. The predicted molar refractivity (Wildman–Crippen MR) is 116 cm³/mol. The average molecular weight is 447 g/mol. The molecular weight excluding hydrogens is 430 g/mol. The lowest BCUT2D eigenvalue weighted by Gasteiger charge is -2.10. The molecule has 0 N–H and O–H groups in total. The molecule has 0 fully saturated rings. The number of benzene rings is 2. The highest BCUT2D eigenvalue weighted by molar-refractivity contribution is 7.07. The van der Waals surface area contributed by atoms with E-state index >= 15 is 0 Å². The van der Waals surface area contributed by atoms with Gasteiger partial charge in [-0.2, -0.15) is 0 Å². The maximum atomic E-state index is 14.5. The van der Waals surface area contributed by atoms with E-state index in [1.165, 1.54) is 17.4 Å². The van der Waals surface area contributed by atoms with Gasteiger partial charge in [0, 0.05) is 41.4 Å². The van der Waals surface area contributed by atoms with Crippen LogP contribution < -0.4 is 4.80 Å². The molecule has 148 valence electrons. The predicted octanol–water partition coefficient (Wildman–Crippen LogP) is 6.18. The normalized spacial score (nSPS) is 11.9. The van der Waals surface area contributed by atoms with Gasteiger partial charge in [0.1, 0.15) is 5.82 Å². The van der Waals surface area contributed by atoms with Gasteiger partial charge in [0.05, 0.1) is 22.7 Å². The van der Waals surface area contributed by atoms with Crippen LogP contribution >= 0.6 is 34.5 Å². The number of imidazole rings is 1. The van der Waals surface area contributed by atoms with Crippen molar-refractivity contribution < 1.29 is 4.39 Å². The summed E-state index contributed by atoms with van der Waals surface area (Å²) in [6.45, 7) is 1.48. The van der Waals surface area contributed by atoms with Gasteiger partial charge in [-0.1, -0.05) is 35.3 Å². The zero-order valence-corrected chi connectivity index (χ0v) is 17.6. The van der Waals surface area contributed by atoms with E-state index in [0.29, 0.717) is 27.8 Å². The second-order valence-electron chi connectivity index (χ2n) is 6.40. The van der Waals surface area contributed by atoms with E-state index < -0.39 is 0 Å². The van der Waals surface area contributed by atoms with Gasteiger partial charge < -0.3 is 9.13 Å². The highest BCUT2D eigenvalue weighted by Crippen LogP contribution is 2.28. The van der Waals surface area contributed by atoms with E-state index in [1.807, 2.05) is 26.8 Å². The van der Waals surface area contributed by atoms with Gasteiger partial charge >= 0.3 is 0 Å². The zero-order valence-electron chi connectivity index (χ0n) is 15.3. The SMILES string of the molecule is Fc1ccccc1-c1csc(=Nc2ccc(Cl)cc2Cl)n1CCCn1ccnc1. The molecule has 0 radical (unpaired) electrons. The van der Waals surface area contributed by atoms with Crippen molar-refractivity contribution in [2.24, 2.45) is 4.99 Å². The van der Waals surface area contributed by atoms with E-state index in [-0.39, 0.29) is 5.82 Å². The van der Waals surface area contributed by atoms with Crippen LogP contribution in [0.2, 0.25) is 10.0 Å². The molecule has 0 atom stereocenters. The van der Waals surface area contributed by atoms with Gasteiger partial charge in [-0.3, -0.25) is 0 Å². The van der Waals surface area contributed by atoms with Gasteiger partial charge in [-0.25, -0.2) is 14.4 Å². The summed E-state index contributed by atoms with van der Waals surface area (Å²) in [5.74, 6) is -0.260.